The van der Waals surface area contributed by atoms with Crippen molar-refractivity contribution >= 4 is 5.91 Å². The topological polar surface area (TPSA) is 74.6 Å². The largest absolute Gasteiger partial charge is 0.497 e. The van der Waals surface area contributed by atoms with E-state index in [4.69, 9.17) is 14.2 Å². The highest BCUT2D eigenvalue weighted by Crippen LogP contribution is 2.33. The van der Waals surface area contributed by atoms with Crippen LogP contribution in [0.15, 0.2) is 54.6 Å². The average Bonchev–Trinajstić information content (AvgIpc) is 3.21. The monoisotopic (exact) mass is 409 g/mol. The molecule has 1 amide bonds. The van der Waals surface area contributed by atoms with E-state index in [2.05, 4.69) is 10.4 Å². The third kappa shape index (κ3) is 5.11. The second kappa shape index (κ2) is 10.3. The smallest absolute Gasteiger partial charge is 0.269 e. The Hall–Kier alpha value is -3.48. The molecule has 1 heterocycles. The number of carbonyl (C=O) groups excluding carboxylic acids is 1. The maximum Gasteiger partial charge on any atom is 0.269 e. The van der Waals surface area contributed by atoms with Gasteiger partial charge in [-0.25, -0.2) is 0 Å². The summed E-state index contributed by atoms with van der Waals surface area (Å²) in [5.41, 5.74) is 1.98. The summed E-state index contributed by atoms with van der Waals surface area (Å²) < 4.78 is 18.1. The van der Waals surface area contributed by atoms with Crippen LogP contribution in [0.1, 0.15) is 23.8 Å². The molecule has 0 aliphatic rings. The minimum atomic E-state index is -0.189. The second-order valence-corrected chi connectivity index (χ2v) is 6.62. The molecule has 0 bridgehead atoms. The first-order valence-corrected chi connectivity index (χ1v) is 9.92. The van der Waals surface area contributed by atoms with Crippen LogP contribution in [0, 0.1) is 0 Å². The Bertz CT molecular complexity index is 970. The van der Waals surface area contributed by atoms with E-state index in [1.54, 1.807) is 31.0 Å². The van der Waals surface area contributed by atoms with E-state index in [1.165, 1.54) is 0 Å². The molecule has 0 fully saturated rings. The SMILES string of the molecule is CCCn1nc(-c2ccc(OC)cc2OC)cc1C(=O)NCCOc1ccccc1. The van der Waals surface area contributed by atoms with Gasteiger partial charge in [-0.3, -0.25) is 9.48 Å². The van der Waals surface area contributed by atoms with Gasteiger partial charge in [-0.15, -0.1) is 0 Å². The van der Waals surface area contributed by atoms with E-state index in [0.717, 1.165) is 17.7 Å². The molecule has 2 aromatic carbocycles. The van der Waals surface area contributed by atoms with Crippen LogP contribution in [0.2, 0.25) is 0 Å². The van der Waals surface area contributed by atoms with Crippen LogP contribution in [0.5, 0.6) is 17.2 Å². The molecule has 1 N–H and O–H groups in total. The van der Waals surface area contributed by atoms with E-state index in [9.17, 15) is 4.79 Å². The molecule has 1 aromatic heterocycles. The summed E-state index contributed by atoms with van der Waals surface area (Å²) in [5, 5.41) is 7.54. The number of methoxy groups -OCH3 is 2. The number of nitrogens with one attached hydrogen (secondary N) is 1. The van der Waals surface area contributed by atoms with Gasteiger partial charge in [0.1, 0.15) is 29.5 Å². The van der Waals surface area contributed by atoms with Crippen molar-refractivity contribution in [2.24, 2.45) is 0 Å². The van der Waals surface area contributed by atoms with E-state index < -0.39 is 0 Å². The number of amides is 1. The van der Waals surface area contributed by atoms with Gasteiger partial charge in [-0.2, -0.15) is 5.10 Å². The molecule has 0 atom stereocenters. The molecule has 3 rings (SSSR count). The van der Waals surface area contributed by atoms with Gasteiger partial charge in [0, 0.05) is 18.2 Å². The van der Waals surface area contributed by atoms with Crippen molar-refractivity contribution in [1.29, 1.82) is 0 Å². The predicted molar refractivity (Wildman–Crippen MR) is 115 cm³/mol. The van der Waals surface area contributed by atoms with Gasteiger partial charge in [0.25, 0.3) is 5.91 Å². The van der Waals surface area contributed by atoms with E-state index in [-0.39, 0.29) is 5.91 Å². The van der Waals surface area contributed by atoms with Gasteiger partial charge >= 0.3 is 0 Å². The summed E-state index contributed by atoms with van der Waals surface area (Å²) in [6.07, 6.45) is 0.859. The molecule has 0 radical (unpaired) electrons. The van der Waals surface area contributed by atoms with Crippen LogP contribution in [-0.4, -0.2) is 43.1 Å². The molecule has 3 aromatic rings. The lowest BCUT2D eigenvalue weighted by atomic mass is 10.1. The normalized spacial score (nSPS) is 10.5. The number of hydrogen-bond acceptors (Lipinski definition) is 5. The number of aromatic nitrogens is 2. The Balaban J connectivity index is 1.73. The molecule has 7 heteroatoms. The van der Waals surface area contributed by atoms with Crippen LogP contribution in [0.4, 0.5) is 0 Å². The third-order valence-corrected chi connectivity index (χ3v) is 4.53. The molecule has 0 spiro atoms. The number of nitrogens with zero attached hydrogens (tertiary/aromatic N) is 2. The predicted octanol–water partition coefficient (Wildman–Crippen LogP) is 3.79. The first kappa shape index (κ1) is 21.2. The van der Waals surface area contributed by atoms with Gasteiger partial charge in [0.05, 0.1) is 26.5 Å². The van der Waals surface area contributed by atoms with Crippen LogP contribution in [0.3, 0.4) is 0 Å². The Kier molecular flexibility index (Phi) is 7.32. The van der Waals surface area contributed by atoms with Crippen molar-refractivity contribution in [2.45, 2.75) is 19.9 Å². The fourth-order valence-corrected chi connectivity index (χ4v) is 3.06. The quantitative estimate of drug-likeness (QED) is 0.516. The molecule has 0 aliphatic carbocycles. The highest BCUT2D eigenvalue weighted by Gasteiger charge is 2.18. The number of hydrogen-bond donors (Lipinski definition) is 1. The van der Waals surface area contributed by atoms with Crippen LogP contribution in [-0.2, 0) is 6.54 Å². The number of carbonyl (C=O) groups is 1. The van der Waals surface area contributed by atoms with E-state index in [1.807, 2.05) is 49.4 Å². The molecule has 0 saturated heterocycles. The van der Waals surface area contributed by atoms with Gasteiger partial charge in [0.15, 0.2) is 0 Å². The van der Waals surface area contributed by atoms with Gasteiger partial charge in [0.2, 0.25) is 0 Å². The highest BCUT2D eigenvalue weighted by atomic mass is 16.5. The number of benzene rings is 2. The summed E-state index contributed by atoms with van der Waals surface area (Å²) in [5.74, 6) is 1.92. The number of ether oxygens (including phenoxy) is 3. The second-order valence-electron chi connectivity index (χ2n) is 6.62. The fraction of sp³-hybridized carbons (Fsp3) is 0.304. The van der Waals surface area contributed by atoms with Gasteiger partial charge in [-0.1, -0.05) is 25.1 Å². The molecular weight excluding hydrogens is 382 g/mol. The Morgan fingerprint density at radius 3 is 2.53 bits per heavy atom. The Morgan fingerprint density at radius 2 is 1.83 bits per heavy atom. The maximum absolute atomic E-state index is 12.8. The van der Waals surface area contributed by atoms with Crippen molar-refractivity contribution in [2.75, 3.05) is 27.4 Å². The lowest BCUT2D eigenvalue weighted by molar-refractivity contribution is 0.0936. The van der Waals surface area contributed by atoms with Gasteiger partial charge < -0.3 is 19.5 Å². The van der Waals surface area contributed by atoms with Crippen LogP contribution in [0.25, 0.3) is 11.3 Å². The lowest BCUT2D eigenvalue weighted by Crippen LogP contribution is -2.30. The van der Waals surface area contributed by atoms with Crippen LogP contribution >= 0.6 is 0 Å². The third-order valence-electron chi connectivity index (χ3n) is 4.53. The minimum Gasteiger partial charge on any atom is -0.497 e. The zero-order valence-corrected chi connectivity index (χ0v) is 17.6. The van der Waals surface area contributed by atoms with Crippen molar-refractivity contribution < 1.29 is 19.0 Å². The average molecular weight is 409 g/mol. The Morgan fingerprint density at radius 1 is 1.03 bits per heavy atom. The minimum absolute atomic E-state index is 0.189. The highest BCUT2D eigenvalue weighted by molar-refractivity contribution is 5.94. The first-order valence-electron chi connectivity index (χ1n) is 9.92. The fourth-order valence-electron chi connectivity index (χ4n) is 3.06. The number of aryl methyl sites for hydroxylation is 1. The Labute approximate surface area is 176 Å². The summed E-state index contributed by atoms with van der Waals surface area (Å²) >= 11 is 0. The molecule has 0 unspecified atom stereocenters. The van der Waals surface area contributed by atoms with Crippen molar-refractivity contribution in [3.8, 4) is 28.5 Å². The van der Waals surface area contributed by atoms with E-state index >= 15 is 0 Å². The standard InChI is InChI=1S/C23H27N3O4/c1-4-13-26-21(23(27)24-12-14-30-17-8-6-5-7-9-17)16-20(25-26)19-11-10-18(28-2)15-22(19)29-3/h5-11,15-16H,4,12-14H2,1-3H3,(H,24,27). The zero-order chi connectivity index (χ0) is 21.3. The molecule has 0 aliphatic heterocycles. The van der Waals surface area contributed by atoms with E-state index in [0.29, 0.717) is 42.6 Å². The number of rotatable bonds is 10. The molecule has 0 saturated carbocycles. The van der Waals surface area contributed by atoms with Crippen molar-refractivity contribution in [3.05, 3.63) is 60.3 Å². The molecule has 158 valence electrons. The zero-order valence-electron chi connectivity index (χ0n) is 17.6. The summed E-state index contributed by atoms with van der Waals surface area (Å²) in [6.45, 7) is 3.47. The van der Waals surface area contributed by atoms with Crippen LogP contribution < -0.4 is 19.5 Å². The molecule has 7 nitrogen and oxygen atoms in total. The van der Waals surface area contributed by atoms with Crippen molar-refractivity contribution in [3.63, 3.8) is 0 Å². The number of para-hydroxylation sites is 1. The lowest BCUT2D eigenvalue weighted by Gasteiger charge is -2.09. The summed E-state index contributed by atoms with van der Waals surface area (Å²) in [6, 6.07) is 16.8. The first-order chi connectivity index (χ1) is 14.7. The summed E-state index contributed by atoms with van der Waals surface area (Å²) in [7, 11) is 3.20. The summed E-state index contributed by atoms with van der Waals surface area (Å²) in [4.78, 5) is 12.8. The van der Waals surface area contributed by atoms with Gasteiger partial charge in [-0.05, 0) is 36.8 Å². The molecule has 30 heavy (non-hydrogen) atoms. The van der Waals surface area contributed by atoms with Crippen molar-refractivity contribution in [1.82, 2.24) is 15.1 Å². The molecular formula is C23H27N3O4. The maximum atomic E-state index is 12.8.